The van der Waals surface area contributed by atoms with Crippen molar-refractivity contribution in [3.8, 4) is 11.4 Å². The van der Waals surface area contributed by atoms with E-state index in [-0.39, 0.29) is 0 Å². The van der Waals surface area contributed by atoms with Crippen molar-refractivity contribution in [1.82, 2.24) is 20.2 Å². The summed E-state index contributed by atoms with van der Waals surface area (Å²) in [6, 6.07) is 3.52. The van der Waals surface area contributed by atoms with Gasteiger partial charge in [-0.1, -0.05) is 0 Å². The first-order valence-electron chi connectivity index (χ1n) is 4.39. The molecule has 0 radical (unpaired) electrons. The number of nitrogens with one attached hydrogen (secondary N) is 1. The lowest BCUT2D eigenvalue weighted by molar-refractivity contribution is 1.01. The standard InChI is InChI=1S/C9H10N6/c1-6-9(12-5-4-11-6)7-2-3-8(13-10)15-14-7/h2-5H,10H2,1H3,(H,13,15). The summed E-state index contributed by atoms with van der Waals surface area (Å²) in [5.74, 6) is 5.70. The molecular formula is C9H10N6. The van der Waals surface area contributed by atoms with Crippen molar-refractivity contribution >= 4 is 5.82 Å². The Kier molecular flexibility index (Phi) is 2.51. The third-order valence-corrected chi connectivity index (χ3v) is 1.94. The number of nitrogen functional groups attached to an aromatic ring is 1. The van der Waals surface area contributed by atoms with Crippen LogP contribution in [0.4, 0.5) is 5.82 Å². The Morgan fingerprint density at radius 3 is 2.53 bits per heavy atom. The molecule has 76 valence electrons. The van der Waals surface area contributed by atoms with E-state index >= 15 is 0 Å². The minimum absolute atomic E-state index is 0.514. The van der Waals surface area contributed by atoms with Crippen LogP contribution in [0.25, 0.3) is 11.4 Å². The van der Waals surface area contributed by atoms with E-state index in [1.165, 1.54) is 0 Å². The van der Waals surface area contributed by atoms with E-state index < -0.39 is 0 Å². The zero-order valence-corrected chi connectivity index (χ0v) is 8.18. The Bertz CT molecular complexity index is 452. The molecule has 0 aliphatic carbocycles. The molecule has 6 heteroatoms. The van der Waals surface area contributed by atoms with Gasteiger partial charge in [-0.3, -0.25) is 9.97 Å². The molecular weight excluding hydrogens is 192 g/mol. The predicted octanol–water partition coefficient (Wildman–Crippen LogP) is 0.528. The van der Waals surface area contributed by atoms with Crippen molar-refractivity contribution < 1.29 is 0 Å². The van der Waals surface area contributed by atoms with Gasteiger partial charge in [-0.25, -0.2) is 5.84 Å². The molecule has 15 heavy (non-hydrogen) atoms. The summed E-state index contributed by atoms with van der Waals surface area (Å²) in [6.07, 6.45) is 3.27. The van der Waals surface area contributed by atoms with Crippen LogP contribution in [0.15, 0.2) is 24.5 Å². The number of hydrazine groups is 1. The molecule has 0 amide bonds. The van der Waals surface area contributed by atoms with E-state index in [1.54, 1.807) is 24.5 Å². The van der Waals surface area contributed by atoms with Gasteiger partial charge in [-0.15, -0.1) is 10.2 Å². The lowest BCUT2D eigenvalue weighted by atomic mass is 10.2. The molecule has 6 nitrogen and oxygen atoms in total. The number of anilines is 1. The van der Waals surface area contributed by atoms with Gasteiger partial charge in [0.05, 0.1) is 5.69 Å². The maximum absolute atomic E-state index is 5.19. The molecule has 2 aromatic heterocycles. The molecule has 2 heterocycles. The number of nitrogens with zero attached hydrogens (tertiary/aromatic N) is 4. The molecule has 0 saturated heterocycles. The number of hydrogen-bond donors (Lipinski definition) is 2. The fourth-order valence-corrected chi connectivity index (χ4v) is 1.19. The van der Waals surface area contributed by atoms with Gasteiger partial charge in [0.2, 0.25) is 0 Å². The molecule has 2 rings (SSSR count). The second-order valence-electron chi connectivity index (χ2n) is 2.94. The zero-order valence-electron chi connectivity index (χ0n) is 8.18. The molecule has 0 spiro atoms. The molecule has 0 aromatic carbocycles. The molecule has 0 bridgehead atoms. The fraction of sp³-hybridized carbons (Fsp3) is 0.111. The van der Waals surface area contributed by atoms with Gasteiger partial charge in [0.25, 0.3) is 0 Å². The van der Waals surface area contributed by atoms with E-state index in [2.05, 4.69) is 25.6 Å². The summed E-state index contributed by atoms with van der Waals surface area (Å²) in [6.45, 7) is 1.87. The van der Waals surface area contributed by atoms with Gasteiger partial charge in [-0.05, 0) is 19.1 Å². The van der Waals surface area contributed by atoms with Crippen LogP contribution in [-0.2, 0) is 0 Å². The number of aromatic nitrogens is 4. The van der Waals surface area contributed by atoms with Crippen LogP contribution in [0, 0.1) is 6.92 Å². The molecule has 0 aliphatic rings. The predicted molar refractivity (Wildman–Crippen MR) is 55.6 cm³/mol. The van der Waals surface area contributed by atoms with Gasteiger partial charge in [0.15, 0.2) is 5.82 Å². The summed E-state index contributed by atoms with van der Waals surface area (Å²) >= 11 is 0. The van der Waals surface area contributed by atoms with Crippen LogP contribution < -0.4 is 11.3 Å². The lowest BCUT2D eigenvalue weighted by Gasteiger charge is -2.02. The van der Waals surface area contributed by atoms with Crippen LogP contribution in [0.1, 0.15) is 5.69 Å². The van der Waals surface area contributed by atoms with E-state index in [0.29, 0.717) is 11.5 Å². The smallest absolute Gasteiger partial charge is 0.162 e. The van der Waals surface area contributed by atoms with Crippen LogP contribution in [-0.4, -0.2) is 20.2 Å². The number of nitrogens with two attached hydrogens (primary N) is 1. The Morgan fingerprint density at radius 2 is 1.93 bits per heavy atom. The van der Waals surface area contributed by atoms with Gasteiger partial charge >= 0.3 is 0 Å². The Morgan fingerprint density at radius 1 is 1.13 bits per heavy atom. The average molecular weight is 202 g/mol. The van der Waals surface area contributed by atoms with E-state index in [4.69, 9.17) is 5.84 Å². The van der Waals surface area contributed by atoms with Crippen LogP contribution in [0.3, 0.4) is 0 Å². The molecule has 0 fully saturated rings. The second kappa shape index (κ2) is 3.97. The first-order chi connectivity index (χ1) is 7.31. The first-order valence-corrected chi connectivity index (χ1v) is 4.39. The molecule has 0 atom stereocenters. The monoisotopic (exact) mass is 202 g/mol. The third kappa shape index (κ3) is 1.89. The highest BCUT2D eigenvalue weighted by atomic mass is 15.3. The molecule has 3 N–H and O–H groups in total. The van der Waals surface area contributed by atoms with Gasteiger partial charge < -0.3 is 5.43 Å². The summed E-state index contributed by atoms with van der Waals surface area (Å²) < 4.78 is 0. The van der Waals surface area contributed by atoms with Gasteiger partial charge in [0, 0.05) is 12.4 Å². The second-order valence-corrected chi connectivity index (χ2v) is 2.94. The van der Waals surface area contributed by atoms with E-state index in [0.717, 1.165) is 11.4 Å². The zero-order chi connectivity index (χ0) is 10.7. The lowest BCUT2D eigenvalue weighted by Crippen LogP contribution is -2.09. The Labute approximate surface area is 86.6 Å². The summed E-state index contributed by atoms with van der Waals surface area (Å²) in [7, 11) is 0. The van der Waals surface area contributed by atoms with Crippen molar-refractivity contribution in [3.63, 3.8) is 0 Å². The van der Waals surface area contributed by atoms with Crippen molar-refractivity contribution in [3.05, 3.63) is 30.2 Å². The van der Waals surface area contributed by atoms with Crippen molar-refractivity contribution in [2.24, 2.45) is 5.84 Å². The Hall–Kier alpha value is -2.08. The maximum Gasteiger partial charge on any atom is 0.162 e. The average Bonchev–Trinajstić information content (AvgIpc) is 2.30. The minimum atomic E-state index is 0.514. The third-order valence-electron chi connectivity index (χ3n) is 1.94. The molecule has 2 aromatic rings. The summed E-state index contributed by atoms with van der Waals surface area (Å²) in [5.41, 5.74) is 4.64. The maximum atomic E-state index is 5.19. The first kappa shape index (κ1) is 9.47. The highest BCUT2D eigenvalue weighted by molar-refractivity contribution is 5.56. The highest BCUT2D eigenvalue weighted by Crippen LogP contribution is 2.15. The SMILES string of the molecule is Cc1nccnc1-c1ccc(NN)nn1. The molecule has 0 unspecified atom stereocenters. The number of aryl methyl sites for hydroxylation is 1. The van der Waals surface area contributed by atoms with Crippen molar-refractivity contribution in [2.75, 3.05) is 5.43 Å². The van der Waals surface area contributed by atoms with Crippen molar-refractivity contribution in [1.29, 1.82) is 0 Å². The summed E-state index contributed by atoms with van der Waals surface area (Å²) in [4.78, 5) is 8.31. The van der Waals surface area contributed by atoms with Gasteiger partial charge in [0.1, 0.15) is 11.4 Å². The van der Waals surface area contributed by atoms with E-state index in [1.807, 2.05) is 6.92 Å². The topological polar surface area (TPSA) is 89.6 Å². The fourth-order valence-electron chi connectivity index (χ4n) is 1.19. The van der Waals surface area contributed by atoms with E-state index in [9.17, 15) is 0 Å². The summed E-state index contributed by atoms with van der Waals surface area (Å²) in [5, 5.41) is 7.85. The van der Waals surface area contributed by atoms with Crippen LogP contribution >= 0.6 is 0 Å². The quantitative estimate of drug-likeness (QED) is 0.545. The van der Waals surface area contributed by atoms with Gasteiger partial charge in [-0.2, -0.15) is 0 Å². The Balaban J connectivity index is 2.42. The highest BCUT2D eigenvalue weighted by Gasteiger charge is 2.05. The number of hydrogen-bond acceptors (Lipinski definition) is 6. The molecule has 0 saturated carbocycles. The number of rotatable bonds is 2. The normalized spacial score (nSPS) is 10.0. The largest absolute Gasteiger partial charge is 0.307 e. The van der Waals surface area contributed by atoms with Crippen molar-refractivity contribution in [2.45, 2.75) is 6.92 Å². The van der Waals surface area contributed by atoms with Crippen LogP contribution in [0.5, 0.6) is 0 Å². The van der Waals surface area contributed by atoms with Crippen LogP contribution in [0.2, 0.25) is 0 Å². The molecule has 0 aliphatic heterocycles. The minimum Gasteiger partial charge on any atom is -0.307 e.